The molecule has 0 bridgehead atoms. The van der Waals surface area contributed by atoms with E-state index in [0.29, 0.717) is 16.8 Å². The average molecular weight is 411 g/mol. The van der Waals surface area contributed by atoms with Crippen LogP contribution in [-0.2, 0) is 6.42 Å². The molecule has 0 radical (unpaired) electrons. The third-order valence-corrected chi connectivity index (χ3v) is 6.23. The molecular formula is C21H26N6OS. The van der Waals surface area contributed by atoms with E-state index in [9.17, 15) is 4.79 Å². The van der Waals surface area contributed by atoms with Crippen LogP contribution in [0.2, 0.25) is 0 Å². The van der Waals surface area contributed by atoms with E-state index in [0.717, 1.165) is 66.3 Å². The second kappa shape index (κ2) is 8.51. The number of H-pyrrole nitrogens is 1. The molecule has 0 amide bonds. The average Bonchev–Trinajstić information content (AvgIpc) is 3.11. The van der Waals surface area contributed by atoms with Gasteiger partial charge in [0.15, 0.2) is 11.4 Å². The minimum atomic E-state index is 0.531. The van der Waals surface area contributed by atoms with Gasteiger partial charge in [0.2, 0.25) is 0 Å². The van der Waals surface area contributed by atoms with E-state index in [1.54, 1.807) is 6.20 Å². The van der Waals surface area contributed by atoms with Crippen LogP contribution in [0.25, 0.3) is 11.0 Å². The number of nitrogens with zero attached hydrogens (tertiary/aromatic N) is 5. The number of aromatic nitrogens is 4. The molecule has 1 aliphatic rings. The molecular weight excluding hydrogens is 384 g/mol. The lowest BCUT2D eigenvalue weighted by atomic mass is 10.1. The van der Waals surface area contributed by atoms with Crippen molar-refractivity contribution in [2.75, 3.05) is 31.1 Å². The molecule has 0 saturated carbocycles. The smallest absolute Gasteiger partial charge is 0.196 e. The van der Waals surface area contributed by atoms with Crippen LogP contribution in [0.4, 0.5) is 5.82 Å². The third kappa shape index (κ3) is 4.00. The highest BCUT2D eigenvalue weighted by molar-refractivity contribution is 7.99. The summed E-state index contributed by atoms with van der Waals surface area (Å²) in [6.07, 6.45) is 5.24. The summed E-state index contributed by atoms with van der Waals surface area (Å²) < 4.78 is 0. The first-order valence-corrected chi connectivity index (χ1v) is 10.9. The molecule has 0 unspecified atom stereocenters. The lowest BCUT2D eigenvalue weighted by Gasteiger charge is -2.37. The summed E-state index contributed by atoms with van der Waals surface area (Å²) in [5, 5.41) is 1.50. The molecule has 8 heteroatoms. The van der Waals surface area contributed by atoms with Crippen molar-refractivity contribution < 1.29 is 4.79 Å². The number of pyridine rings is 1. The molecule has 0 aromatic carbocycles. The van der Waals surface area contributed by atoms with Gasteiger partial charge in [-0.1, -0.05) is 6.92 Å². The maximum absolute atomic E-state index is 11.9. The van der Waals surface area contributed by atoms with E-state index in [2.05, 4.69) is 33.6 Å². The summed E-state index contributed by atoms with van der Waals surface area (Å²) in [5.41, 5.74) is 2.32. The predicted molar refractivity (Wildman–Crippen MR) is 116 cm³/mol. The van der Waals surface area contributed by atoms with Crippen LogP contribution >= 0.6 is 11.8 Å². The number of hydrogen-bond acceptors (Lipinski definition) is 7. The molecule has 7 nitrogen and oxygen atoms in total. The number of nitrogens with one attached hydrogen (secondary N) is 1. The van der Waals surface area contributed by atoms with Crippen LogP contribution in [0.5, 0.6) is 0 Å². The number of aromatic amines is 1. The van der Waals surface area contributed by atoms with Gasteiger partial charge in [-0.05, 0) is 44.2 Å². The van der Waals surface area contributed by atoms with E-state index in [-0.39, 0.29) is 0 Å². The lowest BCUT2D eigenvalue weighted by molar-refractivity contribution is 0.112. The summed E-state index contributed by atoms with van der Waals surface area (Å²) in [6.45, 7) is 10.2. The fourth-order valence-electron chi connectivity index (χ4n) is 3.77. The van der Waals surface area contributed by atoms with Gasteiger partial charge in [-0.2, -0.15) is 0 Å². The van der Waals surface area contributed by atoms with Gasteiger partial charge < -0.3 is 9.88 Å². The van der Waals surface area contributed by atoms with Crippen molar-refractivity contribution in [2.24, 2.45) is 0 Å². The topological polar surface area (TPSA) is 78.0 Å². The molecule has 1 saturated heterocycles. The number of rotatable bonds is 6. The number of hydrogen-bond donors (Lipinski definition) is 1. The van der Waals surface area contributed by atoms with Crippen molar-refractivity contribution in [3.05, 3.63) is 35.8 Å². The highest BCUT2D eigenvalue weighted by atomic mass is 32.2. The quantitative estimate of drug-likeness (QED) is 0.493. The molecule has 1 fully saturated rings. The van der Waals surface area contributed by atoms with Crippen molar-refractivity contribution in [3.63, 3.8) is 0 Å². The Labute approximate surface area is 174 Å². The molecule has 0 aliphatic carbocycles. The van der Waals surface area contributed by atoms with Gasteiger partial charge in [0, 0.05) is 60.8 Å². The van der Waals surface area contributed by atoms with Crippen LogP contribution in [0, 0.1) is 0 Å². The number of aldehydes is 1. The zero-order valence-corrected chi connectivity index (χ0v) is 17.9. The van der Waals surface area contributed by atoms with Gasteiger partial charge in [0.05, 0.1) is 5.39 Å². The highest BCUT2D eigenvalue weighted by Gasteiger charge is 2.25. The molecule has 4 heterocycles. The molecule has 29 heavy (non-hydrogen) atoms. The van der Waals surface area contributed by atoms with Gasteiger partial charge in [0.1, 0.15) is 11.5 Å². The van der Waals surface area contributed by atoms with Crippen LogP contribution in [0.3, 0.4) is 0 Å². The van der Waals surface area contributed by atoms with E-state index >= 15 is 0 Å². The van der Waals surface area contributed by atoms with Crippen LogP contribution in [0.1, 0.15) is 36.8 Å². The normalized spacial score (nSPS) is 15.4. The second-order valence-electron chi connectivity index (χ2n) is 7.45. The third-order valence-electron chi connectivity index (χ3n) is 5.39. The summed E-state index contributed by atoms with van der Waals surface area (Å²) in [7, 11) is 0. The van der Waals surface area contributed by atoms with Gasteiger partial charge in [-0.3, -0.25) is 14.7 Å². The Morgan fingerprint density at radius 2 is 2.03 bits per heavy atom. The summed E-state index contributed by atoms with van der Waals surface area (Å²) >= 11 is 1.49. The molecule has 3 aromatic heterocycles. The van der Waals surface area contributed by atoms with E-state index in [4.69, 9.17) is 9.97 Å². The predicted octanol–water partition coefficient (Wildman–Crippen LogP) is 3.41. The first-order valence-electron chi connectivity index (χ1n) is 10.0. The number of fused-ring (bicyclic) bond motifs is 1. The van der Waals surface area contributed by atoms with Crippen molar-refractivity contribution in [2.45, 2.75) is 43.3 Å². The van der Waals surface area contributed by atoms with E-state index < -0.39 is 0 Å². The first kappa shape index (κ1) is 19.8. The minimum absolute atomic E-state index is 0.531. The molecule has 1 aliphatic heterocycles. The zero-order chi connectivity index (χ0) is 20.4. The van der Waals surface area contributed by atoms with E-state index in [1.165, 1.54) is 11.8 Å². The number of carbonyl (C=O) groups is 1. The fourth-order valence-corrected chi connectivity index (χ4v) is 4.51. The monoisotopic (exact) mass is 410 g/mol. The summed E-state index contributed by atoms with van der Waals surface area (Å²) in [4.78, 5) is 34.8. The molecule has 1 N–H and O–H groups in total. The maximum Gasteiger partial charge on any atom is 0.196 e. The standard InChI is InChI=1S/C21H26N6OS/c1-4-17-16(13-28)18-19(23-17)24-21(29-15-6-5-7-22-12-15)25-20(18)27-10-8-26(9-11-27)14(2)3/h5-7,12-14H,4,8-11H2,1-3H3,(H,23,24,25). The van der Waals surface area contributed by atoms with E-state index in [1.807, 2.05) is 25.3 Å². The largest absolute Gasteiger partial charge is 0.353 e. The fraction of sp³-hybridized carbons (Fsp3) is 0.429. The second-order valence-corrected chi connectivity index (χ2v) is 8.49. The first-order chi connectivity index (χ1) is 14.1. The molecule has 0 atom stereocenters. The Morgan fingerprint density at radius 3 is 2.66 bits per heavy atom. The molecule has 152 valence electrons. The highest BCUT2D eigenvalue weighted by Crippen LogP contribution is 2.34. The lowest BCUT2D eigenvalue weighted by Crippen LogP contribution is -2.49. The Hall–Kier alpha value is -2.45. The van der Waals surface area contributed by atoms with Crippen LogP contribution in [-0.4, -0.2) is 63.3 Å². The Morgan fingerprint density at radius 1 is 1.24 bits per heavy atom. The molecule has 0 spiro atoms. The Balaban J connectivity index is 1.77. The number of aryl methyl sites for hydroxylation is 1. The summed E-state index contributed by atoms with van der Waals surface area (Å²) in [6, 6.07) is 4.43. The zero-order valence-electron chi connectivity index (χ0n) is 17.1. The SMILES string of the molecule is CCc1[nH]c2nc(Sc3cccnc3)nc(N3CCN(C(C)C)CC3)c2c1C=O. The maximum atomic E-state index is 11.9. The van der Waals surface area contributed by atoms with Crippen LogP contribution in [0.15, 0.2) is 34.6 Å². The van der Waals surface area contributed by atoms with Crippen molar-refractivity contribution in [1.82, 2.24) is 24.8 Å². The number of anilines is 1. The van der Waals surface area contributed by atoms with Gasteiger partial charge in [-0.25, -0.2) is 9.97 Å². The van der Waals surface area contributed by atoms with Crippen LogP contribution < -0.4 is 4.90 Å². The van der Waals surface area contributed by atoms with Crippen molar-refractivity contribution in [1.29, 1.82) is 0 Å². The molecule has 4 rings (SSSR count). The van der Waals surface area contributed by atoms with Gasteiger partial charge in [0.25, 0.3) is 0 Å². The Bertz CT molecular complexity index is 995. The number of carbonyl (C=O) groups excluding carboxylic acids is 1. The Kier molecular flexibility index (Phi) is 5.82. The van der Waals surface area contributed by atoms with Gasteiger partial charge in [-0.15, -0.1) is 0 Å². The van der Waals surface area contributed by atoms with Crippen molar-refractivity contribution >= 4 is 34.9 Å². The number of piperazine rings is 1. The minimum Gasteiger partial charge on any atom is -0.353 e. The van der Waals surface area contributed by atoms with Gasteiger partial charge >= 0.3 is 0 Å². The summed E-state index contributed by atoms with van der Waals surface area (Å²) in [5.74, 6) is 0.850. The molecule has 3 aromatic rings. The van der Waals surface area contributed by atoms with Crippen molar-refractivity contribution in [3.8, 4) is 0 Å².